The van der Waals surface area contributed by atoms with Crippen LogP contribution >= 0.6 is 0 Å². The fourth-order valence-electron chi connectivity index (χ4n) is 3.29. The van der Waals surface area contributed by atoms with Crippen LogP contribution in [0.25, 0.3) is 11.3 Å². The molecule has 1 aliphatic carbocycles. The molecule has 7 heteroatoms. The molecule has 3 aromatic heterocycles. The second-order valence-corrected chi connectivity index (χ2v) is 6.92. The molecule has 0 atom stereocenters. The van der Waals surface area contributed by atoms with Gasteiger partial charge in [0.05, 0.1) is 23.3 Å². The number of H-pyrrole nitrogens is 1. The van der Waals surface area contributed by atoms with Crippen LogP contribution in [0.3, 0.4) is 0 Å². The summed E-state index contributed by atoms with van der Waals surface area (Å²) in [5, 5.41) is 14.4. The molecule has 0 aromatic carbocycles. The molecule has 1 aliphatic rings. The highest BCUT2D eigenvalue weighted by molar-refractivity contribution is 6.03. The molecule has 0 bridgehead atoms. The number of anilines is 1. The normalized spacial score (nSPS) is 14.2. The Morgan fingerprint density at radius 1 is 1.35 bits per heavy atom. The number of pyridine rings is 1. The number of aromatic amines is 1. The average molecular weight is 350 g/mol. The molecular weight excluding hydrogens is 328 g/mol. The number of nitrogens with zero attached hydrogens (tertiary/aromatic N) is 4. The second kappa shape index (κ2) is 6.74. The van der Waals surface area contributed by atoms with Gasteiger partial charge in [-0.25, -0.2) is 4.98 Å². The monoisotopic (exact) mass is 350 g/mol. The first-order valence-corrected chi connectivity index (χ1v) is 8.93. The van der Waals surface area contributed by atoms with E-state index in [-0.39, 0.29) is 5.91 Å². The number of amides is 1. The number of hydrogen-bond donors (Lipinski definition) is 2. The van der Waals surface area contributed by atoms with E-state index < -0.39 is 0 Å². The Morgan fingerprint density at radius 3 is 2.88 bits per heavy atom. The molecule has 26 heavy (non-hydrogen) atoms. The maximum atomic E-state index is 12.6. The van der Waals surface area contributed by atoms with Crippen LogP contribution < -0.4 is 5.32 Å². The summed E-state index contributed by atoms with van der Waals surface area (Å²) < 4.78 is 1.90. The van der Waals surface area contributed by atoms with Crippen LogP contribution in [-0.4, -0.2) is 30.9 Å². The number of rotatable bonds is 5. The van der Waals surface area contributed by atoms with Crippen molar-refractivity contribution in [2.75, 3.05) is 5.32 Å². The predicted molar refractivity (Wildman–Crippen MR) is 98.8 cm³/mol. The van der Waals surface area contributed by atoms with E-state index in [1.54, 1.807) is 12.3 Å². The standard InChI is InChI=1S/C19H22N6O/c1-12-18(13(2)24-23-12)16-7-4-8-17(22-16)19(26)21-15-9-20-25(11-15)10-14-5-3-6-14/h4,7-9,11,14H,3,5-6,10H2,1-2H3,(H,21,26)(H,23,24). The first-order valence-electron chi connectivity index (χ1n) is 8.93. The first-order chi connectivity index (χ1) is 12.6. The van der Waals surface area contributed by atoms with Gasteiger partial charge in [0, 0.05) is 24.0 Å². The highest BCUT2D eigenvalue weighted by Crippen LogP contribution is 2.28. The third kappa shape index (κ3) is 3.24. The van der Waals surface area contributed by atoms with Crippen molar-refractivity contribution >= 4 is 11.6 Å². The largest absolute Gasteiger partial charge is 0.318 e. The van der Waals surface area contributed by atoms with Gasteiger partial charge in [0.15, 0.2) is 0 Å². The lowest BCUT2D eigenvalue weighted by Gasteiger charge is -2.24. The second-order valence-electron chi connectivity index (χ2n) is 6.92. The summed E-state index contributed by atoms with van der Waals surface area (Å²) in [6.45, 7) is 4.78. The zero-order valence-electron chi connectivity index (χ0n) is 15.0. The van der Waals surface area contributed by atoms with E-state index in [1.165, 1.54) is 19.3 Å². The number of aryl methyl sites for hydroxylation is 2. The van der Waals surface area contributed by atoms with Gasteiger partial charge in [-0.3, -0.25) is 14.6 Å². The van der Waals surface area contributed by atoms with Crippen LogP contribution in [0.4, 0.5) is 5.69 Å². The molecule has 0 spiro atoms. The molecule has 0 aliphatic heterocycles. The number of hydrogen-bond acceptors (Lipinski definition) is 4. The quantitative estimate of drug-likeness (QED) is 0.739. The minimum atomic E-state index is -0.242. The Morgan fingerprint density at radius 2 is 2.19 bits per heavy atom. The smallest absolute Gasteiger partial charge is 0.274 e. The molecule has 4 rings (SSSR count). The predicted octanol–water partition coefficient (Wildman–Crippen LogP) is 3.34. The van der Waals surface area contributed by atoms with Gasteiger partial charge in [-0.2, -0.15) is 10.2 Å². The molecular formula is C19H22N6O. The van der Waals surface area contributed by atoms with E-state index >= 15 is 0 Å². The van der Waals surface area contributed by atoms with Crippen molar-refractivity contribution in [2.24, 2.45) is 5.92 Å². The molecule has 2 N–H and O–H groups in total. The number of nitrogens with one attached hydrogen (secondary N) is 2. The van der Waals surface area contributed by atoms with Gasteiger partial charge in [-0.15, -0.1) is 0 Å². The minimum Gasteiger partial charge on any atom is -0.318 e. The Hall–Kier alpha value is -2.96. The summed E-state index contributed by atoms with van der Waals surface area (Å²) in [7, 11) is 0. The molecule has 1 amide bonds. The van der Waals surface area contributed by atoms with E-state index in [1.807, 2.05) is 36.9 Å². The lowest BCUT2D eigenvalue weighted by molar-refractivity contribution is 0.102. The lowest BCUT2D eigenvalue weighted by Crippen LogP contribution is -2.18. The minimum absolute atomic E-state index is 0.242. The summed E-state index contributed by atoms with van der Waals surface area (Å²) in [5.41, 5.74) is 4.54. The topological polar surface area (TPSA) is 88.5 Å². The van der Waals surface area contributed by atoms with E-state index in [0.717, 1.165) is 35.1 Å². The Bertz CT molecular complexity index is 918. The molecule has 1 fully saturated rings. The van der Waals surface area contributed by atoms with Crippen molar-refractivity contribution in [3.8, 4) is 11.3 Å². The Labute approximate surface area is 151 Å². The van der Waals surface area contributed by atoms with Gasteiger partial charge in [0.25, 0.3) is 5.91 Å². The van der Waals surface area contributed by atoms with Crippen molar-refractivity contribution in [3.05, 3.63) is 47.7 Å². The summed E-state index contributed by atoms with van der Waals surface area (Å²) in [5.74, 6) is 0.479. The van der Waals surface area contributed by atoms with E-state index in [9.17, 15) is 4.79 Å². The van der Waals surface area contributed by atoms with E-state index in [0.29, 0.717) is 11.4 Å². The van der Waals surface area contributed by atoms with Crippen molar-refractivity contribution in [3.63, 3.8) is 0 Å². The van der Waals surface area contributed by atoms with E-state index in [2.05, 4.69) is 25.6 Å². The molecule has 134 valence electrons. The molecule has 0 unspecified atom stereocenters. The van der Waals surface area contributed by atoms with Crippen molar-refractivity contribution in [1.29, 1.82) is 0 Å². The van der Waals surface area contributed by atoms with Gasteiger partial charge in [-0.05, 0) is 44.7 Å². The summed E-state index contributed by atoms with van der Waals surface area (Å²) in [6, 6.07) is 5.43. The number of carbonyl (C=O) groups excluding carboxylic acids is 1. The van der Waals surface area contributed by atoms with Gasteiger partial charge < -0.3 is 5.32 Å². The fraction of sp³-hybridized carbons (Fsp3) is 0.368. The molecule has 3 aromatic rings. The summed E-state index contributed by atoms with van der Waals surface area (Å²) in [4.78, 5) is 17.1. The molecule has 1 saturated carbocycles. The zero-order chi connectivity index (χ0) is 18.1. The van der Waals surface area contributed by atoms with Crippen molar-refractivity contribution in [1.82, 2.24) is 25.0 Å². The van der Waals surface area contributed by atoms with Gasteiger partial charge in [0.2, 0.25) is 0 Å². The van der Waals surface area contributed by atoms with Gasteiger partial charge in [0.1, 0.15) is 5.69 Å². The molecule has 7 nitrogen and oxygen atoms in total. The highest BCUT2D eigenvalue weighted by atomic mass is 16.1. The van der Waals surface area contributed by atoms with Crippen LogP contribution in [0.5, 0.6) is 0 Å². The van der Waals surface area contributed by atoms with Crippen LogP contribution in [0.15, 0.2) is 30.6 Å². The third-order valence-electron chi connectivity index (χ3n) is 4.93. The SMILES string of the molecule is Cc1n[nH]c(C)c1-c1cccc(C(=O)Nc2cnn(CC3CCC3)c2)n1. The van der Waals surface area contributed by atoms with Gasteiger partial charge >= 0.3 is 0 Å². The Balaban J connectivity index is 1.49. The highest BCUT2D eigenvalue weighted by Gasteiger charge is 2.19. The maximum Gasteiger partial charge on any atom is 0.274 e. The Kier molecular flexibility index (Phi) is 4.28. The number of aromatic nitrogens is 5. The van der Waals surface area contributed by atoms with Crippen molar-refractivity contribution < 1.29 is 4.79 Å². The number of carbonyl (C=O) groups is 1. The van der Waals surface area contributed by atoms with Crippen LogP contribution in [0.1, 0.15) is 41.1 Å². The maximum absolute atomic E-state index is 12.6. The zero-order valence-corrected chi connectivity index (χ0v) is 15.0. The third-order valence-corrected chi connectivity index (χ3v) is 4.93. The van der Waals surface area contributed by atoms with E-state index in [4.69, 9.17) is 0 Å². The first kappa shape index (κ1) is 16.5. The summed E-state index contributed by atoms with van der Waals surface area (Å²) >= 11 is 0. The molecule has 0 radical (unpaired) electrons. The average Bonchev–Trinajstić information content (AvgIpc) is 3.17. The van der Waals surface area contributed by atoms with Gasteiger partial charge in [-0.1, -0.05) is 12.5 Å². The fourth-order valence-corrected chi connectivity index (χ4v) is 3.29. The summed E-state index contributed by atoms with van der Waals surface area (Å²) in [6.07, 6.45) is 7.42. The van der Waals surface area contributed by atoms with Crippen LogP contribution in [-0.2, 0) is 6.54 Å². The molecule has 3 heterocycles. The lowest BCUT2D eigenvalue weighted by atomic mass is 9.85. The van der Waals surface area contributed by atoms with Crippen molar-refractivity contribution in [2.45, 2.75) is 39.7 Å². The van der Waals surface area contributed by atoms with Crippen LogP contribution in [0, 0.1) is 19.8 Å². The van der Waals surface area contributed by atoms with Crippen LogP contribution in [0.2, 0.25) is 0 Å². The molecule has 0 saturated heterocycles.